The summed E-state index contributed by atoms with van der Waals surface area (Å²) < 4.78 is 47.5. The van der Waals surface area contributed by atoms with Crippen LogP contribution < -0.4 is 15.2 Å². The van der Waals surface area contributed by atoms with Crippen LogP contribution in [0.3, 0.4) is 0 Å². The zero-order valence-electron chi connectivity index (χ0n) is 13.2. The maximum atomic E-state index is 12.0. The van der Waals surface area contributed by atoms with E-state index in [9.17, 15) is 21.6 Å². The minimum Gasteiger partial charge on any atom is -0.348 e. The van der Waals surface area contributed by atoms with Gasteiger partial charge in [0.25, 0.3) is 5.91 Å². The highest BCUT2D eigenvalue weighted by Crippen LogP contribution is 2.18. The van der Waals surface area contributed by atoms with Gasteiger partial charge in [0, 0.05) is 11.9 Å². The molecule has 11 heteroatoms. The van der Waals surface area contributed by atoms with Crippen LogP contribution in [0.2, 0.25) is 0 Å². The smallest absolute Gasteiger partial charge is 0.252 e. The number of nitrogens with two attached hydrogens (primary N) is 1. The van der Waals surface area contributed by atoms with Crippen molar-refractivity contribution in [2.45, 2.75) is 16.5 Å². The van der Waals surface area contributed by atoms with Crippen molar-refractivity contribution in [3.05, 3.63) is 52.4 Å². The van der Waals surface area contributed by atoms with E-state index in [0.717, 1.165) is 16.9 Å². The van der Waals surface area contributed by atoms with Gasteiger partial charge in [-0.1, -0.05) is 24.3 Å². The summed E-state index contributed by atoms with van der Waals surface area (Å²) in [5.41, 5.74) is 1.62. The van der Waals surface area contributed by atoms with E-state index in [4.69, 9.17) is 5.14 Å². The molecular weight excluding hydrogens is 386 g/mol. The van der Waals surface area contributed by atoms with E-state index >= 15 is 0 Å². The molecule has 0 saturated heterocycles. The maximum Gasteiger partial charge on any atom is 0.252 e. The molecule has 25 heavy (non-hydrogen) atoms. The van der Waals surface area contributed by atoms with E-state index in [-0.39, 0.29) is 22.1 Å². The van der Waals surface area contributed by atoms with Gasteiger partial charge < -0.3 is 5.32 Å². The van der Waals surface area contributed by atoms with E-state index in [1.807, 2.05) is 0 Å². The van der Waals surface area contributed by atoms with Gasteiger partial charge >= 0.3 is 0 Å². The van der Waals surface area contributed by atoms with Gasteiger partial charge in [0.1, 0.15) is 4.21 Å². The monoisotopic (exact) mass is 403 g/mol. The number of amides is 1. The summed E-state index contributed by atoms with van der Waals surface area (Å²) in [6.45, 7) is 0.221. The number of hydrogen-bond donors (Lipinski definition) is 3. The van der Waals surface area contributed by atoms with Gasteiger partial charge in [0.15, 0.2) is 0 Å². The van der Waals surface area contributed by atoms with Gasteiger partial charge in [0.05, 0.1) is 11.3 Å². The zero-order valence-corrected chi connectivity index (χ0v) is 15.7. The quantitative estimate of drug-likeness (QED) is 0.614. The molecule has 0 unspecified atom stereocenters. The molecular formula is C14H17N3O5S3. The number of primary sulfonamides is 1. The Bertz CT molecular complexity index is 963. The summed E-state index contributed by atoms with van der Waals surface area (Å²) in [6.07, 6.45) is 0. The van der Waals surface area contributed by atoms with Crippen LogP contribution in [0.1, 0.15) is 21.5 Å². The Labute approximate surface area is 150 Å². The molecule has 0 aliphatic heterocycles. The molecule has 2 aromatic rings. The number of thiophene rings is 1. The van der Waals surface area contributed by atoms with Crippen molar-refractivity contribution in [3.63, 3.8) is 0 Å². The van der Waals surface area contributed by atoms with Gasteiger partial charge in [-0.2, -0.15) is 0 Å². The highest BCUT2D eigenvalue weighted by atomic mass is 32.2. The molecule has 0 radical (unpaired) electrons. The standard InChI is InChI=1S/C14H17N3O5S3/c1-16-24(19,20)9-11-4-2-10(3-5-11)7-17-14(18)12-6-13(23-8-12)25(15,21)22/h2-6,8,16H,7,9H2,1H3,(H,17,18)(H2,15,21,22). The van der Waals surface area contributed by atoms with Crippen LogP contribution >= 0.6 is 11.3 Å². The number of nitrogens with one attached hydrogen (secondary N) is 2. The summed E-state index contributed by atoms with van der Waals surface area (Å²) >= 11 is 0.879. The van der Waals surface area contributed by atoms with Gasteiger partial charge in [0.2, 0.25) is 20.0 Å². The molecule has 1 aromatic heterocycles. The summed E-state index contributed by atoms with van der Waals surface area (Å²) in [4.78, 5) is 12.0. The Morgan fingerprint density at radius 1 is 1.12 bits per heavy atom. The predicted octanol–water partition coefficient (Wildman–Crippen LogP) is 0.375. The van der Waals surface area contributed by atoms with Gasteiger partial charge in [-0.05, 0) is 24.2 Å². The maximum absolute atomic E-state index is 12.0. The summed E-state index contributed by atoms with van der Waals surface area (Å²) in [5, 5.41) is 9.08. The highest BCUT2D eigenvalue weighted by molar-refractivity contribution is 7.91. The molecule has 136 valence electrons. The fourth-order valence-electron chi connectivity index (χ4n) is 1.91. The average molecular weight is 404 g/mol. The van der Waals surface area contributed by atoms with Crippen molar-refractivity contribution in [2.24, 2.45) is 5.14 Å². The first-order chi connectivity index (χ1) is 11.6. The Balaban J connectivity index is 1.97. The second kappa shape index (κ2) is 7.62. The van der Waals surface area contributed by atoms with Gasteiger partial charge in [-0.25, -0.2) is 26.7 Å². The number of sulfonamides is 2. The molecule has 0 saturated carbocycles. The molecule has 1 amide bonds. The molecule has 8 nitrogen and oxygen atoms in total. The van der Waals surface area contributed by atoms with E-state index in [2.05, 4.69) is 10.0 Å². The van der Waals surface area contributed by atoms with Crippen LogP contribution in [0.4, 0.5) is 0 Å². The highest BCUT2D eigenvalue weighted by Gasteiger charge is 2.15. The Morgan fingerprint density at radius 2 is 1.72 bits per heavy atom. The van der Waals surface area contributed by atoms with E-state index in [1.54, 1.807) is 24.3 Å². The third-order valence-electron chi connectivity index (χ3n) is 3.26. The van der Waals surface area contributed by atoms with Crippen molar-refractivity contribution in [1.82, 2.24) is 10.0 Å². The van der Waals surface area contributed by atoms with Crippen LogP contribution in [-0.4, -0.2) is 29.8 Å². The number of carbonyl (C=O) groups is 1. The SMILES string of the molecule is CNS(=O)(=O)Cc1ccc(CNC(=O)c2csc(S(N)(=O)=O)c2)cc1. The zero-order chi connectivity index (χ0) is 18.7. The Kier molecular flexibility index (Phi) is 5.95. The van der Waals surface area contributed by atoms with Gasteiger partial charge in [-0.3, -0.25) is 4.79 Å². The van der Waals surface area contributed by atoms with Crippen LogP contribution in [0.5, 0.6) is 0 Å². The normalized spacial score (nSPS) is 12.1. The first-order valence-corrected chi connectivity index (χ1v) is 11.1. The van der Waals surface area contributed by atoms with E-state index < -0.39 is 26.0 Å². The van der Waals surface area contributed by atoms with Crippen molar-refractivity contribution >= 4 is 37.3 Å². The fourth-order valence-corrected chi connectivity index (χ4v) is 4.28. The van der Waals surface area contributed by atoms with Crippen molar-refractivity contribution in [1.29, 1.82) is 0 Å². The molecule has 1 heterocycles. The largest absolute Gasteiger partial charge is 0.348 e. The second-order valence-corrected chi connectivity index (χ2v) is 9.79. The first-order valence-electron chi connectivity index (χ1n) is 6.99. The third-order valence-corrected chi connectivity index (χ3v) is 6.98. The molecule has 0 bridgehead atoms. The minimum atomic E-state index is -3.82. The molecule has 0 spiro atoms. The predicted molar refractivity (Wildman–Crippen MR) is 95.0 cm³/mol. The molecule has 0 aliphatic rings. The van der Waals surface area contributed by atoms with Gasteiger partial charge in [-0.15, -0.1) is 11.3 Å². The van der Waals surface area contributed by atoms with Crippen molar-refractivity contribution in [3.8, 4) is 0 Å². The van der Waals surface area contributed by atoms with E-state index in [1.165, 1.54) is 18.5 Å². The number of hydrogen-bond acceptors (Lipinski definition) is 6. The average Bonchev–Trinajstić information content (AvgIpc) is 3.04. The minimum absolute atomic E-state index is 0.0762. The lowest BCUT2D eigenvalue weighted by molar-refractivity contribution is 0.0951. The molecule has 1 aromatic carbocycles. The fraction of sp³-hybridized carbons (Fsp3) is 0.214. The third kappa shape index (κ3) is 5.61. The molecule has 0 fully saturated rings. The molecule has 0 atom stereocenters. The number of rotatable bonds is 7. The van der Waals surface area contributed by atoms with E-state index in [0.29, 0.717) is 5.56 Å². The summed E-state index contributed by atoms with van der Waals surface area (Å²) in [7, 11) is -5.80. The molecule has 0 aliphatic carbocycles. The van der Waals surface area contributed by atoms with Crippen molar-refractivity contribution in [2.75, 3.05) is 7.05 Å². The van der Waals surface area contributed by atoms with Crippen LogP contribution in [0, 0.1) is 0 Å². The van der Waals surface area contributed by atoms with Crippen molar-refractivity contribution < 1.29 is 21.6 Å². The second-order valence-electron chi connectivity index (χ2n) is 5.16. The Morgan fingerprint density at radius 3 is 2.24 bits per heavy atom. The summed E-state index contributed by atoms with van der Waals surface area (Å²) in [6, 6.07) is 7.98. The lowest BCUT2D eigenvalue weighted by Gasteiger charge is -2.06. The number of carbonyl (C=O) groups excluding carboxylic acids is 1. The Hall–Kier alpha value is -1.79. The molecule has 2 rings (SSSR count). The number of benzene rings is 1. The van der Waals surface area contributed by atoms with Crippen LogP contribution in [-0.2, 0) is 32.3 Å². The molecule has 4 N–H and O–H groups in total. The van der Waals surface area contributed by atoms with Crippen LogP contribution in [0.15, 0.2) is 39.9 Å². The summed E-state index contributed by atoms with van der Waals surface area (Å²) in [5.74, 6) is -0.547. The first kappa shape index (κ1) is 19.5. The topological polar surface area (TPSA) is 135 Å². The van der Waals surface area contributed by atoms with Crippen LogP contribution in [0.25, 0.3) is 0 Å². The lowest BCUT2D eigenvalue weighted by atomic mass is 10.1. The lowest BCUT2D eigenvalue weighted by Crippen LogP contribution is -2.22.